The molecule has 1 rings (SSSR count). The van der Waals surface area contributed by atoms with Crippen LogP contribution in [0, 0.1) is 10.1 Å². The van der Waals surface area contributed by atoms with Crippen LogP contribution in [0.15, 0.2) is 29.8 Å². The molecule has 0 N–H and O–H groups in total. The first kappa shape index (κ1) is 13.1. The third-order valence-electron chi connectivity index (χ3n) is 2.42. The summed E-state index contributed by atoms with van der Waals surface area (Å²) in [4.78, 5) is 21.9. The largest absolute Gasteiger partial charge is 0.295 e. The molecule has 4 heteroatoms. The van der Waals surface area contributed by atoms with Crippen molar-refractivity contribution in [2.45, 2.75) is 26.7 Å². The fraction of sp³-hybridized carbons (Fsp3) is 0.308. The van der Waals surface area contributed by atoms with Crippen molar-refractivity contribution in [1.82, 2.24) is 0 Å². The van der Waals surface area contributed by atoms with Crippen LogP contribution in [0.5, 0.6) is 0 Å². The van der Waals surface area contributed by atoms with E-state index in [0.717, 1.165) is 6.42 Å². The second-order valence-electron chi connectivity index (χ2n) is 3.82. The number of allylic oxidation sites excluding steroid dienone is 1. The van der Waals surface area contributed by atoms with E-state index in [9.17, 15) is 14.9 Å². The molecule has 17 heavy (non-hydrogen) atoms. The molecule has 4 nitrogen and oxygen atoms in total. The highest BCUT2D eigenvalue weighted by molar-refractivity contribution is 5.99. The predicted molar refractivity (Wildman–Crippen MR) is 66.7 cm³/mol. The van der Waals surface area contributed by atoms with Gasteiger partial charge in [0.05, 0.1) is 10.5 Å². The van der Waals surface area contributed by atoms with E-state index in [1.165, 1.54) is 6.07 Å². The Morgan fingerprint density at radius 2 is 2.06 bits per heavy atom. The van der Waals surface area contributed by atoms with Crippen LogP contribution in [-0.2, 0) is 4.79 Å². The van der Waals surface area contributed by atoms with Gasteiger partial charge in [0.2, 0.25) is 0 Å². The van der Waals surface area contributed by atoms with Crippen LogP contribution in [0.1, 0.15) is 32.3 Å². The van der Waals surface area contributed by atoms with Gasteiger partial charge >= 0.3 is 0 Å². The van der Waals surface area contributed by atoms with Gasteiger partial charge in [-0.2, -0.15) is 0 Å². The minimum atomic E-state index is -0.441. The maximum absolute atomic E-state index is 11.6. The third kappa shape index (κ3) is 3.52. The highest BCUT2D eigenvalue weighted by Crippen LogP contribution is 2.21. The molecule has 0 fully saturated rings. The number of carbonyl (C=O) groups excluding carboxylic acids is 1. The molecule has 0 aliphatic rings. The summed E-state index contributed by atoms with van der Waals surface area (Å²) in [7, 11) is 0. The van der Waals surface area contributed by atoms with Crippen LogP contribution < -0.4 is 0 Å². The number of nitro benzene ring substituents is 1. The van der Waals surface area contributed by atoms with Crippen molar-refractivity contribution in [3.8, 4) is 0 Å². The SMILES string of the molecule is CCCC(=O)/C(C)=C/c1ccccc1[N+](=O)[O-]. The van der Waals surface area contributed by atoms with Crippen LogP contribution in [-0.4, -0.2) is 10.7 Å². The van der Waals surface area contributed by atoms with E-state index in [1.807, 2.05) is 6.92 Å². The number of carbonyl (C=O) groups is 1. The number of hydrogen-bond donors (Lipinski definition) is 0. The standard InChI is InChI=1S/C13H15NO3/c1-3-6-13(15)10(2)9-11-7-4-5-8-12(11)14(16)17/h4-5,7-9H,3,6H2,1-2H3/b10-9+. The molecule has 0 aromatic heterocycles. The van der Waals surface area contributed by atoms with Crippen molar-refractivity contribution in [3.63, 3.8) is 0 Å². The summed E-state index contributed by atoms with van der Waals surface area (Å²) in [6.45, 7) is 3.62. The minimum Gasteiger partial charge on any atom is -0.295 e. The number of benzene rings is 1. The maximum Gasteiger partial charge on any atom is 0.276 e. The van der Waals surface area contributed by atoms with Crippen LogP contribution in [0.3, 0.4) is 0 Å². The monoisotopic (exact) mass is 233 g/mol. The van der Waals surface area contributed by atoms with Gasteiger partial charge in [0.25, 0.3) is 5.69 Å². The zero-order valence-electron chi connectivity index (χ0n) is 9.97. The van der Waals surface area contributed by atoms with E-state index in [0.29, 0.717) is 17.6 Å². The number of nitrogens with zero attached hydrogens (tertiary/aromatic N) is 1. The number of hydrogen-bond acceptors (Lipinski definition) is 3. The van der Waals surface area contributed by atoms with Crippen molar-refractivity contribution in [1.29, 1.82) is 0 Å². The molecule has 0 bridgehead atoms. The fourth-order valence-corrected chi connectivity index (χ4v) is 1.51. The Morgan fingerprint density at radius 3 is 2.65 bits per heavy atom. The van der Waals surface area contributed by atoms with Crippen LogP contribution in [0.2, 0.25) is 0 Å². The summed E-state index contributed by atoms with van der Waals surface area (Å²) >= 11 is 0. The molecule has 0 aliphatic carbocycles. The first-order valence-electron chi connectivity index (χ1n) is 5.51. The zero-order chi connectivity index (χ0) is 12.8. The van der Waals surface area contributed by atoms with Crippen molar-refractivity contribution < 1.29 is 9.72 Å². The van der Waals surface area contributed by atoms with Crippen LogP contribution >= 0.6 is 0 Å². The maximum atomic E-state index is 11.6. The van der Waals surface area contributed by atoms with E-state index in [1.54, 1.807) is 31.2 Å². The molecule has 0 aliphatic heterocycles. The van der Waals surface area contributed by atoms with Gasteiger partial charge in [-0.1, -0.05) is 19.1 Å². The average molecular weight is 233 g/mol. The Balaban J connectivity index is 3.05. The number of Topliss-reactive ketones (excluding diaryl/α,β-unsaturated/α-hetero) is 1. The summed E-state index contributed by atoms with van der Waals surface area (Å²) < 4.78 is 0. The normalized spacial score (nSPS) is 11.3. The lowest BCUT2D eigenvalue weighted by molar-refractivity contribution is -0.385. The summed E-state index contributed by atoms with van der Waals surface area (Å²) in [5.41, 5.74) is 1.05. The molecule has 0 unspecified atom stereocenters. The van der Waals surface area contributed by atoms with Gasteiger partial charge in [-0.3, -0.25) is 14.9 Å². The van der Waals surface area contributed by atoms with Gasteiger partial charge in [-0.15, -0.1) is 0 Å². The van der Waals surface area contributed by atoms with Gasteiger partial charge in [0.1, 0.15) is 0 Å². The molecule has 1 aromatic carbocycles. The smallest absolute Gasteiger partial charge is 0.276 e. The third-order valence-corrected chi connectivity index (χ3v) is 2.42. The molecule has 0 saturated carbocycles. The molecule has 0 heterocycles. The first-order valence-corrected chi connectivity index (χ1v) is 5.51. The molecule has 0 atom stereocenters. The number of nitro groups is 1. The number of ketones is 1. The molecular formula is C13H15NO3. The lowest BCUT2D eigenvalue weighted by Crippen LogP contribution is -1.99. The molecule has 0 spiro atoms. The van der Waals surface area contributed by atoms with Crippen molar-refractivity contribution in [2.75, 3.05) is 0 Å². The number of para-hydroxylation sites is 1. The summed E-state index contributed by atoms with van der Waals surface area (Å²) in [6, 6.07) is 6.40. The zero-order valence-corrected chi connectivity index (χ0v) is 9.97. The highest BCUT2D eigenvalue weighted by atomic mass is 16.6. The Labute approximate surface area is 100 Å². The molecule has 0 radical (unpaired) electrons. The minimum absolute atomic E-state index is 0.0242. The molecule has 0 saturated heterocycles. The van der Waals surface area contributed by atoms with E-state index < -0.39 is 4.92 Å². The van der Waals surface area contributed by atoms with Gasteiger partial charge in [0.15, 0.2) is 5.78 Å². The van der Waals surface area contributed by atoms with Crippen molar-refractivity contribution in [2.24, 2.45) is 0 Å². The highest BCUT2D eigenvalue weighted by Gasteiger charge is 2.11. The van der Waals surface area contributed by atoms with Gasteiger partial charge in [0, 0.05) is 12.5 Å². The Morgan fingerprint density at radius 1 is 1.41 bits per heavy atom. The van der Waals surface area contributed by atoms with Crippen LogP contribution in [0.25, 0.3) is 6.08 Å². The lowest BCUT2D eigenvalue weighted by Gasteiger charge is -2.00. The Hall–Kier alpha value is -1.97. The van der Waals surface area contributed by atoms with Gasteiger partial charge in [-0.05, 0) is 31.1 Å². The molecule has 1 aromatic rings. The second kappa shape index (κ2) is 5.94. The van der Waals surface area contributed by atoms with E-state index in [2.05, 4.69) is 0 Å². The molecular weight excluding hydrogens is 218 g/mol. The topological polar surface area (TPSA) is 60.2 Å². The average Bonchev–Trinajstić information content (AvgIpc) is 2.29. The fourth-order valence-electron chi connectivity index (χ4n) is 1.51. The Bertz CT molecular complexity index is 463. The summed E-state index contributed by atoms with van der Waals surface area (Å²) in [5.74, 6) is 0.0330. The van der Waals surface area contributed by atoms with Crippen molar-refractivity contribution >= 4 is 17.5 Å². The number of rotatable bonds is 5. The van der Waals surface area contributed by atoms with E-state index in [-0.39, 0.29) is 11.5 Å². The molecule has 0 amide bonds. The van der Waals surface area contributed by atoms with Crippen LogP contribution in [0.4, 0.5) is 5.69 Å². The first-order chi connectivity index (χ1) is 8.06. The summed E-state index contributed by atoms with van der Waals surface area (Å²) in [5, 5.41) is 10.8. The second-order valence-corrected chi connectivity index (χ2v) is 3.82. The van der Waals surface area contributed by atoms with Gasteiger partial charge < -0.3 is 0 Å². The summed E-state index contributed by atoms with van der Waals surface area (Å²) in [6.07, 6.45) is 2.83. The van der Waals surface area contributed by atoms with Crippen molar-refractivity contribution in [3.05, 3.63) is 45.5 Å². The quantitative estimate of drug-likeness (QED) is 0.445. The predicted octanol–water partition coefficient (Wildman–Crippen LogP) is 3.37. The lowest BCUT2D eigenvalue weighted by atomic mass is 10.0. The Kier molecular flexibility index (Phi) is 4.57. The van der Waals surface area contributed by atoms with E-state index >= 15 is 0 Å². The molecule has 90 valence electrons. The van der Waals surface area contributed by atoms with Gasteiger partial charge in [-0.25, -0.2) is 0 Å². The van der Waals surface area contributed by atoms with E-state index in [4.69, 9.17) is 0 Å².